The van der Waals surface area contributed by atoms with Gasteiger partial charge >= 0.3 is 6.09 Å². The van der Waals surface area contributed by atoms with E-state index < -0.39 is 6.09 Å². The number of aromatic nitrogens is 4. The van der Waals surface area contributed by atoms with Gasteiger partial charge in [-0.2, -0.15) is 0 Å². The van der Waals surface area contributed by atoms with Crippen molar-refractivity contribution in [1.29, 1.82) is 0 Å². The predicted molar refractivity (Wildman–Crippen MR) is 172 cm³/mol. The van der Waals surface area contributed by atoms with Crippen LogP contribution >= 0.6 is 0 Å². The van der Waals surface area contributed by atoms with Crippen molar-refractivity contribution in [1.82, 2.24) is 24.0 Å². The van der Waals surface area contributed by atoms with Gasteiger partial charge in [-0.05, 0) is 91.5 Å². The number of pyridine rings is 1. The molecule has 8 rings (SSSR count). The number of carbonyl (C=O) groups excluding carboxylic acids is 2. The van der Waals surface area contributed by atoms with Crippen LogP contribution in [0, 0.1) is 11.8 Å². The van der Waals surface area contributed by atoms with Gasteiger partial charge in [-0.1, -0.05) is 12.1 Å². The fourth-order valence-corrected chi connectivity index (χ4v) is 7.37. The molecule has 1 saturated heterocycles. The molecule has 2 atom stereocenters. The second-order valence-corrected chi connectivity index (χ2v) is 12.7. The number of aryl methyl sites for hydroxylation is 1. The molecule has 0 spiro atoms. The normalized spacial score (nSPS) is 19.0. The Morgan fingerprint density at radius 3 is 2.58 bits per heavy atom. The minimum absolute atomic E-state index is 0.0750. The molecular formula is C35H36N6O4. The Morgan fingerprint density at radius 2 is 1.84 bits per heavy atom. The van der Waals surface area contributed by atoms with E-state index in [-0.39, 0.29) is 5.91 Å². The Hall–Kier alpha value is -4.86. The maximum atomic E-state index is 13.6. The smallest absolute Gasteiger partial charge is 0.412 e. The van der Waals surface area contributed by atoms with E-state index in [2.05, 4.69) is 48.6 Å². The average Bonchev–Trinajstić information content (AvgIpc) is 3.34. The first-order chi connectivity index (χ1) is 21.9. The number of likely N-dealkylation sites (tertiary alicyclic amines) is 1. The SMILES string of the molecule is COC(=O)Nc1cc(-c2ccc3cc(-c4nc5cc(C(=O)N6CC7CCC6C7)cc(OC)c5n4C)n(CC4CC4)c3c2)ccn1. The summed E-state index contributed by atoms with van der Waals surface area (Å²) in [6.45, 7) is 1.75. The molecule has 2 bridgehead atoms. The third-order valence-electron chi connectivity index (χ3n) is 9.85. The number of methoxy groups -OCH3 is 2. The van der Waals surface area contributed by atoms with Crippen LogP contribution in [0.15, 0.2) is 54.7 Å². The van der Waals surface area contributed by atoms with Crippen molar-refractivity contribution in [3.8, 4) is 28.4 Å². The maximum Gasteiger partial charge on any atom is 0.412 e. The van der Waals surface area contributed by atoms with Gasteiger partial charge < -0.3 is 23.5 Å². The highest BCUT2D eigenvalue weighted by Crippen LogP contribution is 2.41. The first kappa shape index (κ1) is 27.7. The highest BCUT2D eigenvalue weighted by Gasteiger charge is 2.40. The van der Waals surface area contributed by atoms with E-state index in [1.807, 2.05) is 31.3 Å². The highest BCUT2D eigenvalue weighted by molar-refractivity contribution is 6.00. The van der Waals surface area contributed by atoms with Crippen LogP contribution in [0.3, 0.4) is 0 Å². The van der Waals surface area contributed by atoms with Gasteiger partial charge in [-0.15, -0.1) is 0 Å². The van der Waals surface area contributed by atoms with Crippen LogP contribution in [-0.4, -0.2) is 62.8 Å². The summed E-state index contributed by atoms with van der Waals surface area (Å²) in [7, 11) is 5.01. The molecule has 230 valence electrons. The van der Waals surface area contributed by atoms with E-state index in [9.17, 15) is 9.59 Å². The summed E-state index contributed by atoms with van der Waals surface area (Å²) < 4.78 is 15.1. The summed E-state index contributed by atoms with van der Waals surface area (Å²) in [5, 5.41) is 3.77. The molecule has 5 aromatic rings. The van der Waals surface area contributed by atoms with Gasteiger partial charge in [-0.3, -0.25) is 10.1 Å². The van der Waals surface area contributed by atoms with E-state index in [0.717, 1.165) is 70.5 Å². The molecule has 3 fully saturated rings. The molecule has 1 aliphatic heterocycles. The topological polar surface area (TPSA) is 104 Å². The lowest BCUT2D eigenvalue weighted by Crippen LogP contribution is -2.37. The molecule has 2 saturated carbocycles. The molecule has 2 amide bonds. The molecule has 0 radical (unpaired) electrons. The number of benzene rings is 2. The number of anilines is 1. The summed E-state index contributed by atoms with van der Waals surface area (Å²) in [5.74, 6) is 3.26. The van der Waals surface area contributed by atoms with Crippen molar-refractivity contribution >= 4 is 39.8 Å². The lowest BCUT2D eigenvalue weighted by Gasteiger charge is -2.27. The quantitative estimate of drug-likeness (QED) is 0.228. The summed E-state index contributed by atoms with van der Waals surface area (Å²) >= 11 is 0. The van der Waals surface area contributed by atoms with Crippen LogP contribution in [0.1, 0.15) is 42.5 Å². The number of hydrogen-bond donors (Lipinski definition) is 1. The molecule has 45 heavy (non-hydrogen) atoms. The first-order valence-corrected chi connectivity index (χ1v) is 15.7. The highest BCUT2D eigenvalue weighted by atomic mass is 16.5. The van der Waals surface area contributed by atoms with Crippen molar-refractivity contribution in [3.63, 3.8) is 0 Å². The van der Waals surface area contributed by atoms with Gasteiger partial charge in [0.05, 0.1) is 25.4 Å². The number of nitrogens with zero attached hydrogens (tertiary/aromatic N) is 5. The lowest BCUT2D eigenvalue weighted by molar-refractivity contribution is 0.0703. The van der Waals surface area contributed by atoms with Gasteiger partial charge in [0, 0.05) is 48.8 Å². The number of rotatable bonds is 7. The molecule has 1 N–H and O–H groups in total. The molecule has 10 heteroatoms. The number of ether oxygens (including phenoxy) is 2. The third kappa shape index (κ3) is 4.79. The van der Waals surface area contributed by atoms with Crippen molar-refractivity contribution in [3.05, 3.63) is 60.3 Å². The van der Waals surface area contributed by atoms with Gasteiger partial charge in [-0.25, -0.2) is 14.8 Å². The Morgan fingerprint density at radius 1 is 1.00 bits per heavy atom. The second-order valence-electron chi connectivity index (χ2n) is 12.7. The second kappa shape index (κ2) is 10.6. The fourth-order valence-electron chi connectivity index (χ4n) is 7.37. The van der Waals surface area contributed by atoms with Crippen LogP contribution < -0.4 is 10.1 Å². The zero-order valence-corrected chi connectivity index (χ0v) is 25.7. The number of fused-ring (bicyclic) bond motifs is 4. The summed E-state index contributed by atoms with van der Waals surface area (Å²) in [6, 6.07) is 16.6. The minimum Gasteiger partial charge on any atom is -0.494 e. The summed E-state index contributed by atoms with van der Waals surface area (Å²) in [6.07, 6.45) is 7.00. The monoisotopic (exact) mass is 604 g/mol. The van der Waals surface area contributed by atoms with Gasteiger partial charge in [0.15, 0.2) is 5.82 Å². The van der Waals surface area contributed by atoms with E-state index in [1.165, 1.54) is 26.4 Å². The van der Waals surface area contributed by atoms with Crippen LogP contribution in [0.25, 0.3) is 44.6 Å². The van der Waals surface area contributed by atoms with Crippen molar-refractivity contribution in [2.24, 2.45) is 18.9 Å². The number of nitrogens with one attached hydrogen (secondary N) is 1. The molecule has 3 aliphatic rings. The molecule has 2 unspecified atom stereocenters. The number of amides is 2. The fraction of sp³-hybridized carbons (Fsp3) is 0.371. The standard InChI is InChI=1S/C35H36N6O4/c1-39-32-27(13-25(16-30(32)44-2)34(42)40-19-21-6-9-26(40)12-21)37-33(39)29-15-24-8-7-22(14-28(24)41(29)18-20-4-5-20)23-10-11-36-31(17-23)38-35(43)45-3/h7-8,10-11,13-17,20-21,26H,4-6,9,12,18-19H2,1-3H3,(H,36,38,43). The molecule has 4 heterocycles. The van der Waals surface area contributed by atoms with Crippen LogP contribution in [0.4, 0.5) is 10.6 Å². The minimum atomic E-state index is -0.559. The van der Waals surface area contributed by atoms with E-state index in [1.54, 1.807) is 13.3 Å². The zero-order chi connectivity index (χ0) is 30.8. The molecule has 3 aromatic heterocycles. The van der Waals surface area contributed by atoms with Crippen LogP contribution in [0.5, 0.6) is 5.75 Å². The van der Waals surface area contributed by atoms with Crippen molar-refractivity contribution < 1.29 is 19.1 Å². The van der Waals surface area contributed by atoms with Gasteiger partial charge in [0.1, 0.15) is 17.1 Å². The summed E-state index contributed by atoms with van der Waals surface area (Å²) in [5.41, 5.74) is 6.37. The summed E-state index contributed by atoms with van der Waals surface area (Å²) in [4.78, 5) is 36.9. The lowest BCUT2D eigenvalue weighted by atomic mass is 10.1. The zero-order valence-electron chi connectivity index (χ0n) is 25.7. The van der Waals surface area contributed by atoms with Crippen molar-refractivity contribution in [2.45, 2.75) is 44.7 Å². The Labute approximate surface area is 261 Å². The molecule has 2 aliphatic carbocycles. The third-order valence-corrected chi connectivity index (χ3v) is 9.85. The van der Waals surface area contributed by atoms with Gasteiger partial charge in [0.2, 0.25) is 0 Å². The number of hydrogen-bond acceptors (Lipinski definition) is 6. The van der Waals surface area contributed by atoms with Crippen molar-refractivity contribution in [2.75, 3.05) is 26.1 Å². The largest absolute Gasteiger partial charge is 0.494 e. The van der Waals surface area contributed by atoms with E-state index in [4.69, 9.17) is 14.5 Å². The molecule has 10 nitrogen and oxygen atoms in total. The molecule has 2 aromatic carbocycles. The van der Waals surface area contributed by atoms with Crippen LogP contribution in [0.2, 0.25) is 0 Å². The van der Waals surface area contributed by atoms with Gasteiger partial charge in [0.25, 0.3) is 5.91 Å². The number of piperidine rings is 1. The maximum absolute atomic E-state index is 13.6. The number of imidazole rings is 1. The van der Waals surface area contributed by atoms with E-state index >= 15 is 0 Å². The Bertz CT molecular complexity index is 1990. The van der Waals surface area contributed by atoms with E-state index in [0.29, 0.717) is 35.0 Å². The van der Waals surface area contributed by atoms with Crippen LogP contribution in [-0.2, 0) is 18.3 Å². The molecular weight excluding hydrogens is 568 g/mol. The Balaban J connectivity index is 1.21. The number of carbonyl (C=O) groups is 2. The Kier molecular flexibility index (Phi) is 6.54. The first-order valence-electron chi connectivity index (χ1n) is 15.7. The average molecular weight is 605 g/mol. The predicted octanol–water partition coefficient (Wildman–Crippen LogP) is 6.48.